The highest BCUT2D eigenvalue weighted by Gasteiger charge is 2.34. The molecule has 1 saturated heterocycles. The molecule has 0 aliphatic carbocycles. The van der Waals surface area contributed by atoms with Crippen LogP contribution in [0.2, 0.25) is 0 Å². The minimum absolute atomic E-state index is 0.123. The number of carbonyl (C=O) groups is 1. The highest BCUT2D eigenvalue weighted by molar-refractivity contribution is 5.70. The van der Waals surface area contributed by atoms with E-state index in [2.05, 4.69) is 0 Å². The quantitative estimate of drug-likeness (QED) is 0.761. The number of unbranched alkanes of at least 4 members (excludes halogenated alkanes) is 1. The van der Waals surface area contributed by atoms with Crippen LogP contribution < -0.4 is 0 Å². The van der Waals surface area contributed by atoms with E-state index in [1.807, 2.05) is 11.8 Å². The van der Waals surface area contributed by atoms with Crippen molar-refractivity contribution in [3.05, 3.63) is 35.4 Å². The van der Waals surface area contributed by atoms with Gasteiger partial charge in [0, 0.05) is 6.54 Å². The third-order valence-corrected chi connectivity index (χ3v) is 5.10. The van der Waals surface area contributed by atoms with Crippen molar-refractivity contribution in [2.75, 3.05) is 13.1 Å². The minimum Gasteiger partial charge on any atom is -0.481 e. The number of benzene rings is 1. The SMILES string of the molecule is CCCCC(C(=O)O)C1CCN(Cc2ccccc2C(F)(F)F)CC1. The van der Waals surface area contributed by atoms with E-state index in [4.69, 9.17) is 0 Å². The Hall–Kier alpha value is -1.56. The van der Waals surface area contributed by atoms with Crippen LogP contribution in [0, 0.1) is 11.8 Å². The Morgan fingerprint density at radius 3 is 2.48 bits per heavy atom. The second-order valence-corrected chi connectivity index (χ2v) is 6.86. The Morgan fingerprint density at radius 1 is 1.28 bits per heavy atom. The number of alkyl halides is 3. The topological polar surface area (TPSA) is 40.5 Å². The molecule has 0 spiro atoms. The van der Waals surface area contributed by atoms with Gasteiger partial charge in [0.15, 0.2) is 0 Å². The molecule has 1 fully saturated rings. The van der Waals surface area contributed by atoms with Gasteiger partial charge in [0.2, 0.25) is 0 Å². The number of carboxylic acid groups (broad SMARTS) is 1. The summed E-state index contributed by atoms with van der Waals surface area (Å²) in [6.07, 6.45) is -0.326. The van der Waals surface area contributed by atoms with Gasteiger partial charge < -0.3 is 5.11 Å². The number of piperidine rings is 1. The molecule has 0 radical (unpaired) electrons. The fourth-order valence-electron chi connectivity index (χ4n) is 3.67. The first-order chi connectivity index (χ1) is 11.8. The zero-order valence-electron chi connectivity index (χ0n) is 14.6. The van der Waals surface area contributed by atoms with Crippen molar-refractivity contribution in [2.24, 2.45) is 11.8 Å². The summed E-state index contributed by atoms with van der Waals surface area (Å²) in [5.74, 6) is -0.947. The molecule has 1 unspecified atom stereocenters. The van der Waals surface area contributed by atoms with Gasteiger partial charge in [-0.25, -0.2) is 0 Å². The first-order valence-corrected chi connectivity index (χ1v) is 8.93. The molecule has 1 aliphatic rings. The maximum absolute atomic E-state index is 13.1. The third kappa shape index (κ3) is 5.46. The second kappa shape index (κ2) is 8.70. The highest BCUT2D eigenvalue weighted by Crippen LogP contribution is 2.34. The number of aliphatic carboxylic acids is 1. The molecule has 140 valence electrons. The van der Waals surface area contributed by atoms with Gasteiger partial charge in [-0.15, -0.1) is 0 Å². The van der Waals surface area contributed by atoms with Crippen molar-refractivity contribution in [3.63, 3.8) is 0 Å². The smallest absolute Gasteiger partial charge is 0.416 e. The molecule has 3 nitrogen and oxygen atoms in total. The summed E-state index contributed by atoms with van der Waals surface area (Å²) >= 11 is 0. The highest BCUT2D eigenvalue weighted by atomic mass is 19.4. The lowest BCUT2D eigenvalue weighted by Crippen LogP contribution is -2.38. The number of likely N-dealkylation sites (tertiary alicyclic amines) is 1. The van der Waals surface area contributed by atoms with E-state index in [1.54, 1.807) is 6.07 Å². The zero-order chi connectivity index (χ0) is 18.4. The van der Waals surface area contributed by atoms with Crippen LogP contribution in [0.4, 0.5) is 13.2 Å². The van der Waals surface area contributed by atoms with E-state index >= 15 is 0 Å². The molecule has 0 aromatic heterocycles. The summed E-state index contributed by atoms with van der Waals surface area (Å²) < 4.78 is 39.3. The van der Waals surface area contributed by atoms with Crippen molar-refractivity contribution in [1.82, 2.24) is 4.90 Å². The van der Waals surface area contributed by atoms with Gasteiger partial charge in [-0.05, 0) is 49.9 Å². The predicted octanol–water partition coefficient (Wildman–Crippen LogP) is 4.81. The summed E-state index contributed by atoms with van der Waals surface area (Å²) in [5.41, 5.74) is -0.294. The standard InChI is InChI=1S/C19H26F3NO2/c1-2-3-7-16(18(24)25)14-9-11-23(12-10-14)13-15-6-4-5-8-17(15)19(20,21)22/h4-6,8,14,16H,2-3,7,9-13H2,1H3,(H,24,25). The fourth-order valence-corrected chi connectivity index (χ4v) is 3.67. The maximum atomic E-state index is 13.1. The lowest BCUT2D eigenvalue weighted by molar-refractivity contribution is -0.145. The summed E-state index contributed by atoms with van der Waals surface area (Å²) in [6.45, 7) is 3.59. The van der Waals surface area contributed by atoms with E-state index in [-0.39, 0.29) is 23.9 Å². The molecule has 25 heavy (non-hydrogen) atoms. The Balaban J connectivity index is 1.96. The van der Waals surface area contributed by atoms with Crippen LogP contribution in [-0.4, -0.2) is 29.1 Å². The van der Waals surface area contributed by atoms with Crippen LogP contribution >= 0.6 is 0 Å². The Kier molecular flexibility index (Phi) is 6.87. The van der Waals surface area contributed by atoms with Crippen molar-refractivity contribution < 1.29 is 23.1 Å². The predicted molar refractivity (Wildman–Crippen MR) is 90.1 cm³/mol. The van der Waals surface area contributed by atoms with Gasteiger partial charge in [-0.2, -0.15) is 13.2 Å². The van der Waals surface area contributed by atoms with Gasteiger partial charge in [0.1, 0.15) is 0 Å². The largest absolute Gasteiger partial charge is 0.481 e. The fraction of sp³-hybridized carbons (Fsp3) is 0.632. The molecule has 0 amide bonds. The number of nitrogens with zero attached hydrogens (tertiary/aromatic N) is 1. The van der Waals surface area contributed by atoms with Crippen molar-refractivity contribution in [1.29, 1.82) is 0 Å². The van der Waals surface area contributed by atoms with E-state index < -0.39 is 17.7 Å². The second-order valence-electron chi connectivity index (χ2n) is 6.86. The first kappa shape index (κ1) is 19.8. The molecule has 6 heteroatoms. The maximum Gasteiger partial charge on any atom is 0.416 e. The zero-order valence-corrected chi connectivity index (χ0v) is 14.6. The first-order valence-electron chi connectivity index (χ1n) is 8.93. The summed E-state index contributed by atoms with van der Waals surface area (Å²) in [5, 5.41) is 9.44. The number of carboxylic acids is 1. The molecule has 1 atom stereocenters. The van der Waals surface area contributed by atoms with E-state index in [9.17, 15) is 23.1 Å². The van der Waals surface area contributed by atoms with Crippen LogP contribution in [-0.2, 0) is 17.5 Å². The van der Waals surface area contributed by atoms with E-state index in [1.165, 1.54) is 12.1 Å². The third-order valence-electron chi connectivity index (χ3n) is 5.10. The summed E-state index contributed by atoms with van der Waals surface area (Å²) in [7, 11) is 0. The monoisotopic (exact) mass is 357 g/mol. The lowest BCUT2D eigenvalue weighted by atomic mass is 9.81. The normalized spacial score (nSPS) is 18.2. The van der Waals surface area contributed by atoms with Gasteiger partial charge in [-0.3, -0.25) is 9.69 Å². The Bertz CT molecular complexity index is 566. The molecular formula is C19H26F3NO2. The van der Waals surface area contributed by atoms with Crippen molar-refractivity contribution >= 4 is 5.97 Å². The molecular weight excluding hydrogens is 331 g/mol. The van der Waals surface area contributed by atoms with Crippen LogP contribution in [0.1, 0.15) is 50.2 Å². The van der Waals surface area contributed by atoms with Gasteiger partial charge in [0.25, 0.3) is 0 Å². The van der Waals surface area contributed by atoms with Gasteiger partial charge in [0.05, 0.1) is 11.5 Å². The molecule has 1 heterocycles. The number of hydrogen-bond acceptors (Lipinski definition) is 2. The molecule has 2 rings (SSSR count). The van der Waals surface area contributed by atoms with Crippen molar-refractivity contribution in [3.8, 4) is 0 Å². The molecule has 1 aromatic rings. The summed E-state index contributed by atoms with van der Waals surface area (Å²) in [6, 6.07) is 5.68. The molecule has 0 saturated carbocycles. The number of halogens is 3. The van der Waals surface area contributed by atoms with Crippen LogP contribution in [0.3, 0.4) is 0 Å². The molecule has 1 aliphatic heterocycles. The number of rotatable bonds is 7. The van der Waals surface area contributed by atoms with E-state index in [0.717, 1.165) is 31.7 Å². The number of hydrogen-bond donors (Lipinski definition) is 1. The van der Waals surface area contributed by atoms with Gasteiger partial charge in [-0.1, -0.05) is 38.0 Å². The Labute approximate surface area is 146 Å². The molecule has 1 N–H and O–H groups in total. The minimum atomic E-state index is -4.34. The summed E-state index contributed by atoms with van der Waals surface area (Å²) in [4.78, 5) is 13.5. The van der Waals surface area contributed by atoms with Crippen LogP contribution in [0.15, 0.2) is 24.3 Å². The van der Waals surface area contributed by atoms with Crippen LogP contribution in [0.5, 0.6) is 0 Å². The average Bonchev–Trinajstić information content (AvgIpc) is 2.56. The average molecular weight is 357 g/mol. The molecule has 0 bridgehead atoms. The van der Waals surface area contributed by atoms with Crippen LogP contribution in [0.25, 0.3) is 0 Å². The Morgan fingerprint density at radius 2 is 1.92 bits per heavy atom. The molecule has 1 aromatic carbocycles. The van der Waals surface area contributed by atoms with Gasteiger partial charge >= 0.3 is 12.1 Å². The van der Waals surface area contributed by atoms with Crippen molar-refractivity contribution in [2.45, 2.75) is 51.7 Å². The lowest BCUT2D eigenvalue weighted by Gasteiger charge is -2.35. The van der Waals surface area contributed by atoms with E-state index in [0.29, 0.717) is 19.5 Å².